The summed E-state index contributed by atoms with van der Waals surface area (Å²) in [5.41, 5.74) is 3.34. The van der Waals surface area contributed by atoms with Crippen LogP contribution >= 0.6 is 23.1 Å². The number of fused-ring (bicyclic) bond motifs is 4. The summed E-state index contributed by atoms with van der Waals surface area (Å²) in [5.74, 6) is 0.519. The van der Waals surface area contributed by atoms with Crippen molar-refractivity contribution < 1.29 is 4.42 Å². The second-order valence-electron chi connectivity index (χ2n) is 7.87. The molecular weight excluding hydrogens is 428 g/mol. The first-order valence-corrected chi connectivity index (χ1v) is 12.2. The monoisotopic (exact) mass is 450 g/mol. The topological polar surface area (TPSA) is 65.1 Å². The Morgan fingerprint density at radius 2 is 2.10 bits per heavy atom. The van der Waals surface area contributed by atoms with Crippen LogP contribution in [0.15, 0.2) is 56.1 Å². The van der Waals surface area contributed by atoms with E-state index in [1.54, 1.807) is 22.0 Å². The molecule has 5 nitrogen and oxygen atoms in total. The van der Waals surface area contributed by atoms with Crippen LogP contribution < -0.4 is 11.2 Å². The van der Waals surface area contributed by atoms with Crippen LogP contribution in [0.2, 0.25) is 0 Å². The van der Waals surface area contributed by atoms with Crippen molar-refractivity contribution in [3.8, 4) is 0 Å². The van der Waals surface area contributed by atoms with Gasteiger partial charge in [0.25, 0.3) is 5.56 Å². The summed E-state index contributed by atoms with van der Waals surface area (Å²) in [6, 6.07) is 7.39. The van der Waals surface area contributed by atoms with Gasteiger partial charge in [-0.2, -0.15) is 0 Å². The van der Waals surface area contributed by atoms with Crippen molar-refractivity contribution in [3.63, 3.8) is 0 Å². The molecule has 0 radical (unpaired) electrons. The van der Waals surface area contributed by atoms with Crippen molar-refractivity contribution in [1.29, 1.82) is 0 Å². The maximum Gasteiger partial charge on any atom is 0.336 e. The van der Waals surface area contributed by atoms with Gasteiger partial charge in [-0.15, -0.1) is 17.9 Å². The van der Waals surface area contributed by atoms with Crippen molar-refractivity contribution in [2.24, 2.45) is 0 Å². The molecule has 1 aromatic carbocycles. The number of thiophene rings is 1. The molecule has 0 amide bonds. The first kappa shape index (κ1) is 20.3. The minimum Gasteiger partial charge on any atom is -0.423 e. The first-order valence-electron chi connectivity index (χ1n) is 10.4. The largest absolute Gasteiger partial charge is 0.423 e. The number of allylic oxidation sites excluding steroid dienone is 1. The van der Waals surface area contributed by atoms with Crippen LogP contribution in [0.3, 0.4) is 0 Å². The van der Waals surface area contributed by atoms with Crippen molar-refractivity contribution in [2.45, 2.75) is 50.1 Å². The van der Waals surface area contributed by atoms with E-state index in [1.807, 2.05) is 25.1 Å². The van der Waals surface area contributed by atoms with E-state index in [-0.39, 0.29) is 11.2 Å². The molecule has 7 heteroatoms. The summed E-state index contributed by atoms with van der Waals surface area (Å²) < 4.78 is 7.08. The van der Waals surface area contributed by atoms with Crippen molar-refractivity contribution in [2.75, 3.05) is 0 Å². The average Bonchev–Trinajstić information content (AvgIpc) is 3.12. The number of hydrogen-bond donors (Lipinski definition) is 0. The van der Waals surface area contributed by atoms with E-state index in [1.165, 1.54) is 34.7 Å². The highest BCUT2D eigenvalue weighted by molar-refractivity contribution is 7.98. The van der Waals surface area contributed by atoms with E-state index in [2.05, 4.69) is 6.58 Å². The van der Waals surface area contributed by atoms with E-state index < -0.39 is 0 Å². The fourth-order valence-corrected chi connectivity index (χ4v) is 6.52. The van der Waals surface area contributed by atoms with Crippen LogP contribution in [0.4, 0.5) is 0 Å². The van der Waals surface area contributed by atoms with Crippen molar-refractivity contribution in [1.82, 2.24) is 9.55 Å². The summed E-state index contributed by atoms with van der Waals surface area (Å²) >= 11 is 3.13. The molecule has 1 aliphatic carbocycles. The Kier molecular flexibility index (Phi) is 5.32. The Hall–Kier alpha value is -2.64. The molecule has 31 heavy (non-hydrogen) atoms. The molecule has 0 N–H and O–H groups in total. The molecular formula is C24H22N2O3S2. The molecule has 0 aliphatic heterocycles. The standard InChI is InChI=1S/C24H22N2O3S2/c1-3-10-26-23(28)21-17-6-4-5-7-19(17)31-22(21)25-24(26)30-13-15-12-20(27)29-18-11-14(2)8-9-16(15)18/h3,8-9,11-12H,1,4-7,10,13H2,2H3. The zero-order chi connectivity index (χ0) is 21.5. The second-order valence-corrected chi connectivity index (χ2v) is 9.89. The molecule has 3 aromatic heterocycles. The molecule has 0 bridgehead atoms. The lowest BCUT2D eigenvalue weighted by molar-refractivity contribution is 0.559. The lowest BCUT2D eigenvalue weighted by atomic mass is 9.97. The highest BCUT2D eigenvalue weighted by Gasteiger charge is 2.22. The normalized spacial score (nSPS) is 13.6. The highest BCUT2D eigenvalue weighted by Crippen LogP contribution is 2.35. The number of nitrogens with zero attached hydrogens (tertiary/aromatic N) is 2. The van der Waals surface area contributed by atoms with E-state index in [4.69, 9.17) is 9.40 Å². The van der Waals surface area contributed by atoms with Gasteiger partial charge in [-0.1, -0.05) is 30.0 Å². The number of aryl methyl sites for hydroxylation is 3. The van der Waals surface area contributed by atoms with Crippen LogP contribution in [0.5, 0.6) is 0 Å². The fourth-order valence-electron chi connectivity index (χ4n) is 4.22. The van der Waals surface area contributed by atoms with Gasteiger partial charge in [0, 0.05) is 28.6 Å². The summed E-state index contributed by atoms with van der Waals surface area (Å²) in [5, 5.41) is 2.35. The lowest BCUT2D eigenvalue weighted by Gasteiger charge is -2.12. The minimum atomic E-state index is -0.369. The first-order chi connectivity index (χ1) is 15.0. The molecule has 0 fully saturated rings. The third kappa shape index (κ3) is 3.66. The van der Waals surface area contributed by atoms with E-state index >= 15 is 0 Å². The van der Waals surface area contributed by atoms with Gasteiger partial charge < -0.3 is 4.42 Å². The minimum absolute atomic E-state index is 0.0138. The number of aromatic nitrogens is 2. The van der Waals surface area contributed by atoms with Crippen molar-refractivity contribution >= 4 is 44.3 Å². The van der Waals surface area contributed by atoms with E-state index in [0.29, 0.717) is 23.0 Å². The maximum atomic E-state index is 13.4. The fraction of sp³-hybridized carbons (Fsp3) is 0.292. The quantitative estimate of drug-likeness (QED) is 0.180. The van der Waals surface area contributed by atoms with Gasteiger partial charge in [-0.25, -0.2) is 9.78 Å². The molecule has 0 unspecified atom stereocenters. The van der Waals surface area contributed by atoms with Gasteiger partial charge in [0.1, 0.15) is 10.4 Å². The van der Waals surface area contributed by atoms with E-state index in [9.17, 15) is 9.59 Å². The molecule has 0 spiro atoms. The van der Waals surface area contributed by atoms with Gasteiger partial charge in [0.2, 0.25) is 0 Å². The SMILES string of the molecule is C=CCn1c(SCc2cc(=O)oc3cc(C)ccc23)nc2sc3c(c2c1=O)CCCC3. The lowest BCUT2D eigenvalue weighted by Crippen LogP contribution is -2.23. The predicted octanol–water partition coefficient (Wildman–Crippen LogP) is 5.23. The molecule has 158 valence electrons. The smallest absolute Gasteiger partial charge is 0.336 e. The zero-order valence-electron chi connectivity index (χ0n) is 17.3. The molecule has 0 saturated carbocycles. The summed E-state index contributed by atoms with van der Waals surface area (Å²) in [6.45, 7) is 6.20. The Morgan fingerprint density at radius 1 is 1.26 bits per heavy atom. The number of benzene rings is 1. The third-order valence-electron chi connectivity index (χ3n) is 5.69. The maximum absolute atomic E-state index is 13.4. The molecule has 0 saturated heterocycles. The predicted molar refractivity (Wildman–Crippen MR) is 128 cm³/mol. The Bertz CT molecular complexity index is 1450. The highest BCUT2D eigenvalue weighted by atomic mass is 32.2. The number of thioether (sulfide) groups is 1. The van der Waals surface area contributed by atoms with Crippen LogP contribution in [0, 0.1) is 6.92 Å². The van der Waals surface area contributed by atoms with Crippen LogP contribution in [-0.4, -0.2) is 9.55 Å². The van der Waals surface area contributed by atoms with Crippen LogP contribution in [0.1, 0.15) is 34.4 Å². The van der Waals surface area contributed by atoms with Gasteiger partial charge >= 0.3 is 5.63 Å². The molecule has 0 atom stereocenters. The number of rotatable bonds is 5. The zero-order valence-corrected chi connectivity index (χ0v) is 18.9. The molecule has 4 aromatic rings. The Morgan fingerprint density at radius 3 is 2.94 bits per heavy atom. The molecule has 3 heterocycles. The Balaban J connectivity index is 1.59. The summed E-state index contributed by atoms with van der Waals surface area (Å²) in [6.07, 6.45) is 6.01. The van der Waals surface area contributed by atoms with E-state index in [0.717, 1.165) is 46.0 Å². The Labute approximate surface area is 187 Å². The summed E-state index contributed by atoms with van der Waals surface area (Å²) in [4.78, 5) is 32.5. The number of hydrogen-bond acceptors (Lipinski definition) is 6. The van der Waals surface area contributed by atoms with Crippen LogP contribution in [-0.2, 0) is 25.1 Å². The third-order valence-corrected chi connectivity index (χ3v) is 7.90. The second kappa shape index (κ2) is 8.13. The van der Waals surface area contributed by atoms with Gasteiger partial charge in [-0.05, 0) is 55.4 Å². The average molecular weight is 451 g/mol. The van der Waals surface area contributed by atoms with Crippen molar-refractivity contribution in [3.05, 3.63) is 79.3 Å². The van der Waals surface area contributed by atoms with Gasteiger partial charge in [-0.3, -0.25) is 9.36 Å². The van der Waals surface area contributed by atoms with Gasteiger partial charge in [0.05, 0.1) is 5.39 Å². The van der Waals surface area contributed by atoms with Gasteiger partial charge in [0.15, 0.2) is 5.16 Å². The molecule has 5 rings (SSSR count). The van der Waals surface area contributed by atoms with Crippen LogP contribution in [0.25, 0.3) is 21.2 Å². The summed E-state index contributed by atoms with van der Waals surface area (Å²) in [7, 11) is 0. The molecule has 1 aliphatic rings.